The Bertz CT molecular complexity index is 396. The van der Waals surface area contributed by atoms with Gasteiger partial charge in [0.2, 0.25) is 0 Å². The van der Waals surface area contributed by atoms with Crippen LogP contribution in [0.2, 0.25) is 0 Å². The summed E-state index contributed by atoms with van der Waals surface area (Å²) >= 11 is 3.95. The van der Waals surface area contributed by atoms with Crippen LogP contribution in [0.3, 0.4) is 0 Å². The molecule has 1 aliphatic carbocycles. The van der Waals surface area contributed by atoms with Crippen LogP contribution in [0.4, 0.5) is 0 Å². The van der Waals surface area contributed by atoms with E-state index in [0.717, 1.165) is 11.3 Å². The predicted octanol–water partition coefficient (Wildman–Crippen LogP) is 4.06. The van der Waals surface area contributed by atoms with E-state index in [-0.39, 0.29) is 0 Å². The highest BCUT2D eigenvalue weighted by molar-refractivity contribution is 8.01. The molecule has 3 heteroatoms. The summed E-state index contributed by atoms with van der Waals surface area (Å²) in [5.41, 5.74) is 2.08. The van der Waals surface area contributed by atoms with Gasteiger partial charge in [0.25, 0.3) is 0 Å². The summed E-state index contributed by atoms with van der Waals surface area (Å²) in [6.45, 7) is 7.07. The van der Waals surface area contributed by atoms with Gasteiger partial charge in [0.1, 0.15) is 0 Å². The lowest BCUT2D eigenvalue weighted by atomic mass is 10.0. The van der Waals surface area contributed by atoms with Crippen molar-refractivity contribution in [1.29, 1.82) is 0 Å². The van der Waals surface area contributed by atoms with Gasteiger partial charge in [-0.15, -0.1) is 23.1 Å². The Morgan fingerprint density at radius 2 is 2.19 bits per heavy atom. The van der Waals surface area contributed by atoms with E-state index in [1.54, 1.807) is 5.56 Å². The van der Waals surface area contributed by atoms with Crippen LogP contribution >= 0.6 is 23.1 Å². The van der Waals surface area contributed by atoms with E-state index in [1.165, 1.54) is 17.1 Å². The van der Waals surface area contributed by atoms with E-state index in [4.69, 9.17) is 0 Å². The second-order valence-corrected chi connectivity index (χ2v) is 8.42. The highest BCUT2D eigenvalue weighted by Gasteiger charge is 2.47. The van der Waals surface area contributed by atoms with Crippen LogP contribution in [0.15, 0.2) is 15.7 Å². The minimum absolute atomic E-state index is 0.532. The van der Waals surface area contributed by atoms with Crippen molar-refractivity contribution >= 4 is 23.1 Å². The molecule has 0 spiro atoms. The number of thiophene rings is 1. The van der Waals surface area contributed by atoms with Crippen LogP contribution in [-0.4, -0.2) is 11.3 Å². The minimum atomic E-state index is 0.532. The van der Waals surface area contributed by atoms with Crippen molar-refractivity contribution in [3.8, 4) is 0 Å². The van der Waals surface area contributed by atoms with Gasteiger partial charge in [0.05, 0.1) is 4.21 Å². The predicted molar refractivity (Wildman–Crippen MR) is 72.3 cm³/mol. The van der Waals surface area contributed by atoms with Gasteiger partial charge >= 0.3 is 0 Å². The lowest BCUT2D eigenvalue weighted by Crippen LogP contribution is -2.30. The Morgan fingerprint density at radius 1 is 1.44 bits per heavy atom. The van der Waals surface area contributed by atoms with Crippen molar-refractivity contribution in [2.75, 3.05) is 0 Å². The lowest BCUT2D eigenvalue weighted by Gasteiger charge is -2.28. The molecule has 1 aromatic rings. The number of hydrogen-bond acceptors (Lipinski definition) is 3. The van der Waals surface area contributed by atoms with Gasteiger partial charge in [-0.25, -0.2) is 0 Å². The SMILES string of the molecule is C[C@H]1CC(NC2CC2(C)C)c2ccsc2S1. The van der Waals surface area contributed by atoms with E-state index in [1.807, 2.05) is 23.1 Å². The molecule has 1 saturated carbocycles. The van der Waals surface area contributed by atoms with Gasteiger partial charge in [-0.1, -0.05) is 20.8 Å². The molecule has 1 nitrogen and oxygen atoms in total. The average Bonchev–Trinajstić information content (AvgIpc) is 2.63. The largest absolute Gasteiger partial charge is 0.307 e. The van der Waals surface area contributed by atoms with Crippen LogP contribution in [0.25, 0.3) is 0 Å². The normalized spacial score (nSPS) is 35.8. The molecule has 3 atom stereocenters. The number of rotatable bonds is 2. The zero-order valence-electron chi connectivity index (χ0n) is 10.1. The summed E-state index contributed by atoms with van der Waals surface area (Å²) in [4.78, 5) is 0. The quantitative estimate of drug-likeness (QED) is 0.853. The zero-order valence-corrected chi connectivity index (χ0v) is 11.8. The summed E-state index contributed by atoms with van der Waals surface area (Å²) in [6.07, 6.45) is 2.62. The molecular formula is C13H19NS2. The Hall–Kier alpha value is 0.01000. The number of fused-ring (bicyclic) bond motifs is 1. The van der Waals surface area contributed by atoms with Crippen molar-refractivity contribution in [2.45, 2.75) is 55.2 Å². The fraction of sp³-hybridized carbons (Fsp3) is 0.692. The highest BCUT2D eigenvalue weighted by atomic mass is 32.2. The highest BCUT2D eigenvalue weighted by Crippen LogP contribution is 2.49. The van der Waals surface area contributed by atoms with Gasteiger partial charge in [0, 0.05) is 17.3 Å². The van der Waals surface area contributed by atoms with Gasteiger partial charge in [-0.2, -0.15) is 0 Å². The number of nitrogens with one attached hydrogen (secondary N) is 1. The third-order valence-electron chi connectivity index (χ3n) is 3.83. The standard InChI is InChI=1S/C13H19NS2/c1-8-6-10(14-11-7-13(11,2)3)9-4-5-15-12(9)16-8/h4-5,8,10-11,14H,6-7H2,1-3H3/t8-,10?,11?/m0/s1. The molecule has 1 aliphatic heterocycles. The van der Waals surface area contributed by atoms with Gasteiger partial charge in [0.15, 0.2) is 0 Å². The molecule has 3 rings (SSSR count). The van der Waals surface area contributed by atoms with E-state index in [0.29, 0.717) is 11.5 Å². The first-order valence-electron chi connectivity index (χ1n) is 6.06. The molecule has 1 N–H and O–H groups in total. The van der Waals surface area contributed by atoms with Crippen LogP contribution < -0.4 is 5.32 Å². The molecule has 2 heterocycles. The first-order valence-corrected chi connectivity index (χ1v) is 7.82. The molecule has 0 amide bonds. The fourth-order valence-electron chi connectivity index (χ4n) is 2.50. The molecule has 0 radical (unpaired) electrons. The number of hydrogen-bond donors (Lipinski definition) is 1. The topological polar surface area (TPSA) is 12.0 Å². The summed E-state index contributed by atoms with van der Waals surface area (Å²) < 4.78 is 1.54. The molecule has 0 saturated heterocycles. The van der Waals surface area contributed by atoms with Gasteiger partial charge in [-0.05, 0) is 35.3 Å². The van der Waals surface area contributed by atoms with Crippen molar-refractivity contribution in [3.05, 3.63) is 17.0 Å². The Morgan fingerprint density at radius 3 is 2.88 bits per heavy atom. The molecule has 2 aliphatic rings. The Kier molecular flexibility index (Phi) is 2.61. The molecule has 2 unspecified atom stereocenters. The van der Waals surface area contributed by atoms with E-state index in [9.17, 15) is 0 Å². The van der Waals surface area contributed by atoms with Crippen molar-refractivity contribution in [1.82, 2.24) is 5.32 Å². The molecule has 1 aromatic heterocycles. The van der Waals surface area contributed by atoms with E-state index < -0.39 is 0 Å². The average molecular weight is 253 g/mol. The molecule has 0 aromatic carbocycles. The maximum absolute atomic E-state index is 3.85. The first kappa shape index (κ1) is 11.1. The van der Waals surface area contributed by atoms with Crippen molar-refractivity contribution in [2.24, 2.45) is 5.41 Å². The second-order valence-electron chi connectivity index (χ2n) is 5.79. The zero-order chi connectivity index (χ0) is 11.3. The maximum Gasteiger partial charge on any atom is 0.0649 e. The Balaban J connectivity index is 1.77. The van der Waals surface area contributed by atoms with E-state index >= 15 is 0 Å². The van der Waals surface area contributed by atoms with Crippen molar-refractivity contribution in [3.63, 3.8) is 0 Å². The van der Waals surface area contributed by atoms with Crippen LogP contribution in [0.1, 0.15) is 45.2 Å². The summed E-state index contributed by atoms with van der Waals surface area (Å²) in [6, 6.07) is 3.65. The lowest BCUT2D eigenvalue weighted by molar-refractivity contribution is 0.443. The summed E-state index contributed by atoms with van der Waals surface area (Å²) in [5.74, 6) is 0. The molecule has 16 heavy (non-hydrogen) atoms. The number of thioether (sulfide) groups is 1. The van der Waals surface area contributed by atoms with Crippen molar-refractivity contribution < 1.29 is 0 Å². The molecule has 88 valence electrons. The smallest absolute Gasteiger partial charge is 0.0649 e. The maximum atomic E-state index is 3.85. The van der Waals surface area contributed by atoms with E-state index in [2.05, 4.69) is 37.5 Å². The molecule has 1 fully saturated rings. The summed E-state index contributed by atoms with van der Waals surface area (Å²) in [7, 11) is 0. The molecule has 0 bridgehead atoms. The van der Waals surface area contributed by atoms with Crippen LogP contribution in [0, 0.1) is 5.41 Å². The monoisotopic (exact) mass is 253 g/mol. The third kappa shape index (κ3) is 1.93. The van der Waals surface area contributed by atoms with Gasteiger partial charge in [-0.3, -0.25) is 0 Å². The first-order chi connectivity index (χ1) is 7.56. The Labute approximate surface area is 106 Å². The third-order valence-corrected chi connectivity index (χ3v) is 6.17. The second kappa shape index (κ2) is 3.76. The fourth-order valence-corrected chi connectivity index (χ4v) is 5.07. The van der Waals surface area contributed by atoms with Gasteiger partial charge < -0.3 is 5.32 Å². The van der Waals surface area contributed by atoms with Crippen LogP contribution in [-0.2, 0) is 0 Å². The van der Waals surface area contributed by atoms with Crippen LogP contribution in [0.5, 0.6) is 0 Å². The molecular weight excluding hydrogens is 234 g/mol. The minimum Gasteiger partial charge on any atom is -0.307 e. The summed E-state index contributed by atoms with van der Waals surface area (Å²) in [5, 5.41) is 6.84.